The van der Waals surface area contributed by atoms with Gasteiger partial charge < -0.3 is 20.3 Å². The molecule has 0 aliphatic heterocycles. The van der Waals surface area contributed by atoms with Crippen LogP contribution in [0.3, 0.4) is 0 Å². The molecule has 1 atom stereocenters. The van der Waals surface area contributed by atoms with Crippen LogP contribution in [0.1, 0.15) is 39.3 Å². The Labute approximate surface area is 137 Å². The predicted octanol–water partition coefficient (Wildman–Crippen LogP) is 2.31. The van der Waals surface area contributed by atoms with Crippen molar-refractivity contribution in [2.45, 2.75) is 39.3 Å². The Morgan fingerprint density at radius 2 is 2.09 bits per heavy atom. The van der Waals surface area contributed by atoms with Gasteiger partial charge in [0.25, 0.3) is 0 Å². The van der Waals surface area contributed by atoms with E-state index in [2.05, 4.69) is 15.6 Å². The summed E-state index contributed by atoms with van der Waals surface area (Å²) in [7, 11) is 1.63. The summed E-state index contributed by atoms with van der Waals surface area (Å²) in [4.78, 5) is 29.0. The lowest BCUT2D eigenvalue weighted by Gasteiger charge is -2.24. The third-order valence-corrected chi connectivity index (χ3v) is 2.97. The zero-order valence-corrected chi connectivity index (χ0v) is 14.4. The molecule has 0 radical (unpaired) electrons. The minimum atomic E-state index is -0.532. The van der Waals surface area contributed by atoms with Crippen LogP contribution in [0, 0.1) is 0 Å². The molecule has 0 saturated carbocycles. The third kappa shape index (κ3) is 7.49. The highest BCUT2D eigenvalue weighted by molar-refractivity contribution is 5.74. The average Bonchev–Trinajstić information content (AvgIpc) is 2.46. The molecule has 23 heavy (non-hydrogen) atoms. The second-order valence-electron chi connectivity index (χ2n) is 6.31. The first kappa shape index (κ1) is 18.7. The van der Waals surface area contributed by atoms with Crippen molar-refractivity contribution in [3.8, 4) is 0 Å². The van der Waals surface area contributed by atoms with Crippen LogP contribution in [-0.4, -0.2) is 47.7 Å². The lowest BCUT2D eigenvalue weighted by molar-refractivity contribution is 0.0301. The molecule has 0 aliphatic rings. The summed E-state index contributed by atoms with van der Waals surface area (Å²) in [6, 6.07) is 3.28. The number of hydrogen-bond acceptors (Lipinski definition) is 4. The summed E-state index contributed by atoms with van der Waals surface area (Å²) in [5.41, 5.74) is 0.392. The number of urea groups is 1. The van der Waals surface area contributed by atoms with E-state index in [1.165, 1.54) is 4.90 Å². The maximum Gasteiger partial charge on any atom is 0.410 e. The highest BCUT2D eigenvalue weighted by Gasteiger charge is 2.19. The van der Waals surface area contributed by atoms with E-state index < -0.39 is 11.7 Å². The maximum atomic E-state index is 11.8. The Hall–Kier alpha value is -2.31. The number of pyridine rings is 1. The van der Waals surface area contributed by atoms with E-state index in [-0.39, 0.29) is 12.1 Å². The summed E-state index contributed by atoms with van der Waals surface area (Å²) in [6.07, 6.45) is 2.98. The zero-order chi connectivity index (χ0) is 17.5. The van der Waals surface area contributed by atoms with Crippen LogP contribution in [0.5, 0.6) is 0 Å². The largest absolute Gasteiger partial charge is 0.444 e. The monoisotopic (exact) mass is 322 g/mol. The molecule has 1 aromatic heterocycles. The summed E-state index contributed by atoms with van der Waals surface area (Å²) in [5.74, 6) is 0. The number of carbonyl (C=O) groups is 2. The van der Waals surface area contributed by atoms with Crippen LogP contribution in [0.15, 0.2) is 24.5 Å². The summed E-state index contributed by atoms with van der Waals surface area (Å²) in [6.45, 7) is 8.01. The van der Waals surface area contributed by atoms with Gasteiger partial charge >= 0.3 is 12.1 Å². The zero-order valence-electron chi connectivity index (χ0n) is 14.4. The van der Waals surface area contributed by atoms with E-state index >= 15 is 0 Å². The summed E-state index contributed by atoms with van der Waals surface area (Å²) in [5, 5.41) is 5.52. The van der Waals surface area contributed by atoms with Crippen molar-refractivity contribution in [2.24, 2.45) is 0 Å². The fourth-order valence-corrected chi connectivity index (χ4v) is 1.73. The Morgan fingerprint density at radius 3 is 2.65 bits per heavy atom. The van der Waals surface area contributed by atoms with E-state index in [1.807, 2.05) is 39.8 Å². The minimum Gasteiger partial charge on any atom is -0.444 e. The molecule has 128 valence electrons. The van der Waals surface area contributed by atoms with E-state index in [9.17, 15) is 9.59 Å². The second-order valence-corrected chi connectivity index (χ2v) is 6.31. The van der Waals surface area contributed by atoms with Crippen LogP contribution < -0.4 is 10.6 Å². The van der Waals surface area contributed by atoms with Gasteiger partial charge in [0, 0.05) is 32.5 Å². The topological polar surface area (TPSA) is 83.6 Å². The fourth-order valence-electron chi connectivity index (χ4n) is 1.73. The first-order chi connectivity index (χ1) is 10.7. The average molecular weight is 322 g/mol. The smallest absolute Gasteiger partial charge is 0.410 e. The normalized spacial score (nSPS) is 12.2. The first-order valence-corrected chi connectivity index (χ1v) is 7.57. The Morgan fingerprint density at radius 1 is 1.39 bits per heavy atom. The first-order valence-electron chi connectivity index (χ1n) is 7.57. The minimum absolute atomic E-state index is 0.146. The van der Waals surface area contributed by atoms with E-state index in [0.29, 0.717) is 13.1 Å². The number of amides is 3. The van der Waals surface area contributed by atoms with Gasteiger partial charge in [-0.05, 0) is 39.3 Å². The molecule has 1 aromatic rings. The SMILES string of the molecule is C[C@@H](NC(=O)NCCN(C)C(=O)OC(C)(C)C)c1cccnc1. The van der Waals surface area contributed by atoms with Crippen molar-refractivity contribution in [3.05, 3.63) is 30.1 Å². The number of nitrogens with zero attached hydrogens (tertiary/aromatic N) is 2. The molecule has 0 aromatic carbocycles. The molecule has 0 unspecified atom stereocenters. The number of ether oxygens (including phenoxy) is 1. The third-order valence-electron chi connectivity index (χ3n) is 2.97. The molecule has 1 heterocycles. The van der Waals surface area contributed by atoms with Gasteiger partial charge in [-0.3, -0.25) is 4.98 Å². The van der Waals surface area contributed by atoms with Crippen LogP contribution in [0.25, 0.3) is 0 Å². The van der Waals surface area contributed by atoms with E-state index in [4.69, 9.17) is 4.74 Å². The maximum absolute atomic E-state index is 11.8. The number of likely N-dealkylation sites (N-methyl/N-ethyl adjacent to an activating group) is 1. The molecule has 2 N–H and O–H groups in total. The van der Waals surface area contributed by atoms with E-state index in [1.54, 1.807) is 19.4 Å². The summed E-state index contributed by atoms with van der Waals surface area (Å²) >= 11 is 0. The molecular formula is C16H26N4O3. The molecule has 1 rings (SSSR count). The molecule has 0 aliphatic carbocycles. The van der Waals surface area contributed by atoms with Gasteiger partial charge in [-0.1, -0.05) is 6.07 Å². The van der Waals surface area contributed by atoms with Crippen molar-refractivity contribution >= 4 is 12.1 Å². The number of nitrogens with one attached hydrogen (secondary N) is 2. The molecule has 0 spiro atoms. The van der Waals surface area contributed by atoms with Gasteiger partial charge in [-0.2, -0.15) is 0 Å². The Kier molecular flexibility index (Phi) is 6.81. The lowest BCUT2D eigenvalue weighted by atomic mass is 10.1. The van der Waals surface area contributed by atoms with Crippen LogP contribution in [0.2, 0.25) is 0 Å². The Bertz CT molecular complexity index is 514. The van der Waals surface area contributed by atoms with Gasteiger partial charge in [0.1, 0.15) is 5.60 Å². The van der Waals surface area contributed by atoms with Gasteiger partial charge in [0.15, 0.2) is 0 Å². The number of carbonyl (C=O) groups excluding carboxylic acids is 2. The van der Waals surface area contributed by atoms with Gasteiger partial charge in [-0.15, -0.1) is 0 Å². The van der Waals surface area contributed by atoms with Gasteiger partial charge in [0.2, 0.25) is 0 Å². The number of hydrogen-bond donors (Lipinski definition) is 2. The highest BCUT2D eigenvalue weighted by Crippen LogP contribution is 2.09. The molecule has 0 bridgehead atoms. The fraction of sp³-hybridized carbons (Fsp3) is 0.562. The van der Waals surface area contributed by atoms with Crippen molar-refractivity contribution in [1.82, 2.24) is 20.5 Å². The van der Waals surface area contributed by atoms with Crippen molar-refractivity contribution < 1.29 is 14.3 Å². The van der Waals surface area contributed by atoms with Crippen LogP contribution >= 0.6 is 0 Å². The molecule has 3 amide bonds. The van der Waals surface area contributed by atoms with Crippen LogP contribution in [-0.2, 0) is 4.74 Å². The molecule has 7 heteroatoms. The van der Waals surface area contributed by atoms with Crippen molar-refractivity contribution in [1.29, 1.82) is 0 Å². The standard InChI is InChI=1S/C16H26N4O3/c1-12(13-7-6-8-17-11-13)19-14(21)18-9-10-20(5)15(22)23-16(2,3)4/h6-8,11-12H,9-10H2,1-5H3,(H2,18,19,21)/t12-/m1/s1. The number of rotatable bonds is 5. The summed E-state index contributed by atoms with van der Waals surface area (Å²) < 4.78 is 5.23. The molecular weight excluding hydrogens is 296 g/mol. The molecule has 0 saturated heterocycles. The van der Waals surface area contributed by atoms with Gasteiger partial charge in [0.05, 0.1) is 6.04 Å². The molecule has 7 nitrogen and oxygen atoms in total. The Balaban J connectivity index is 2.30. The van der Waals surface area contributed by atoms with Crippen molar-refractivity contribution in [3.63, 3.8) is 0 Å². The predicted molar refractivity (Wildman–Crippen MR) is 88.1 cm³/mol. The highest BCUT2D eigenvalue weighted by atomic mass is 16.6. The quantitative estimate of drug-likeness (QED) is 0.871. The lowest BCUT2D eigenvalue weighted by Crippen LogP contribution is -2.42. The second kappa shape index (κ2) is 8.36. The van der Waals surface area contributed by atoms with Gasteiger partial charge in [-0.25, -0.2) is 9.59 Å². The molecule has 0 fully saturated rings. The number of aromatic nitrogens is 1. The van der Waals surface area contributed by atoms with Crippen LogP contribution in [0.4, 0.5) is 9.59 Å². The van der Waals surface area contributed by atoms with E-state index in [0.717, 1.165) is 5.56 Å². The van der Waals surface area contributed by atoms with Crippen molar-refractivity contribution in [2.75, 3.05) is 20.1 Å².